The normalized spacial score (nSPS) is 12.2. The Morgan fingerprint density at radius 1 is 1.24 bits per heavy atom. The van der Waals surface area contributed by atoms with Crippen LogP contribution in [0.1, 0.15) is 44.0 Å². The Morgan fingerprint density at radius 3 is 2.29 bits per heavy atom. The summed E-state index contributed by atoms with van der Waals surface area (Å²) in [6, 6.07) is 6.94. The number of hydrogen-bond donors (Lipinski definition) is 0. The lowest BCUT2D eigenvalue weighted by Crippen LogP contribution is -2.34. The van der Waals surface area contributed by atoms with Gasteiger partial charge < -0.3 is 4.74 Å². The minimum absolute atomic E-state index is 0.0887. The molecule has 0 spiro atoms. The number of rotatable bonds is 8. The molecule has 4 nitrogen and oxygen atoms in total. The molecule has 0 aromatic heterocycles. The molecule has 0 saturated carbocycles. The molecule has 1 rings (SSSR count). The molecular weight excluding hydrogens is 312 g/mol. The number of hydrogen-bond acceptors (Lipinski definition) is 4. The van der Waals surface area contributed by atoms with Crippen LogP contribution < -0.4 is 4.74 Å². The van der Waals surface area contributed by atoms with Crippen LogP contribution in [-0.2, 0) is 9.05 Å². The van der Waals surface area contributed by atoms with Gasteiger partial charge in [-0.15, -0.1) is 0 Å². The summed E-state index contributed by atoms with van der Waals surface area (Å²) in [4.78, 5) is 11.6. The van der Waals surface area contributed by atoms with Crippen LogP contribution in [0.25, 0.3) is 0 Å². The van der Waals surface area contributed by atoms with Gasteiger partial charge in [-0.25, -0.2) is 8.42 Å². The third-order valence-electron chi connectivity index (χ3n) is 3.78. The zero-order chi connectivity index (χ0) is 16.1. The van der Waals surface area contributed by atoms with Gasteiger partial charge in [0.1, 0.15) is 5.75 Å². The van der Waals surface area contributed by atoms with E-state index < -0.39 is 14.5 Å². The van der Waals surface area contributed by atoms with Gasteiger partial charge in [0.2, 0.25) is 9.05 Å². The molecule has 0 amide bonds. The smallest absolute Gasteiger partial charge is 0.233 e. The lowest BCUT2D eigenvalue weighted by molar-refractivity contribution is 0.100. The van der Waals surface area contributed by atoms with Gasteiger partial charge in [-0.05, 0) is 31.9 Å². The fraction of sp³-hybridized carbons (Fsp3) is 0.533. The molecule has 0 aliphatic rings. The zero-order valence-corrected chi connectivity index (χ0v) is 14.1. The number of ketones is 1. The van der Waals surface area contributed by atoms with E-state index in [4.69, 9.17) is 15.4 Å². The van der Waals surface area contributed by atoms with Crippen LogP contribution in [0.5, 0.6) is 5.75 Å². The molecule has 0 fully saturated rings. The van der Waals surface area contributed by atoms with Crippen molar-refractivity contribution in [1.29, 1.82) is 0 Å². The van der Waals surface area contributed by atoms with E-state index in [9.17, 15) is 13.2 Å². The molecule has 0 saturated heterocycles. The Bertz CT molecular complexity index is 591. The van der Waals surface area contributed by atoms with Crippen LogP contribution in [-0.4, -0.2) is 26.6 Å². The highest BCUT2D eigenvalue weighted by Gasteiger charge is 2.33. The van der Waals surface area contributed by atoms with E-state index in [1.54, 1.807) is 24.3 Å². The molecule has 0 aliphatic carbocycles. The quantitative estimate of drug-likeness (QED) is 0.538. The van der Waals surface area contributed by atoms with Crippen molar-refractivity contribution in [1.82, 2.24) is 0 Å². The third kappa shape index (κ3) is 5.32. The summed E-state index contributed by atoms with van der Waals surface area (Å²) in [7, 11) is 1.79. The largest absolute Gasteiger partial charge is 0.492 e. The van der Waals surface area contributed by atoms with Crippen LogP contribution in [0.3, 0.4) is 0 Å². The van der Waals surface area contributed by atoms with Crippen LogP contribution in [0.15, 0.2) is 24.3 Å². The molecule has 0 atom stereocenters. The van der Waals surface area contributed by atoms with E-state index in [1.807, 2.05) is 13.8 Å². The second-order valence-electron chi connectivity index (χ2n) is 5.23. The van der Waals surface area contributed by atoms with Crippen molar-refractivity contribution in [3.8, 4) is 5.75 Å². The molecule has 6 heteroatoms. The standard InChI is InChI=1S/C15H21ClO4S/c1-4-15(5-2,11-21(16,18)19)10-20-14-9-7-6-8-13(14)12(3)17/h6-9H,4-5,10-11H2,1-3H3. The summed E-state index contributed by atoms with van der Waals surface area (Å²) in [5, 5.41) is 0. The van der Waals surface area contributed by atoms with Gasteiger partial charge in [-0.3, -0.25) is 4.79 Å². The molecule has 1 aromatic carbocycles. The number of carbonyl (C=O) groups excluding carboxylic acids is 1. The fourth-order valence-electron chi connectivity index (χ4n) is 2.18. The molecule has 0 N–H and O–H groups in total. The molecule has 118 valence electrons. The van der Waals surface area contributed by atoms with E-state index in [0.717, 1.165) is 0 Å². The Morgan fingerprint density at radius 2 is 1.81 bits per heavy atom. The van der Waals surface area contributed by atoms with E-state index in [1.165, 1.54) is 6.92 Å². The predicted octanol–water partition coefficient (Wildman–Crippen LogP) is 3.64. The summed E-state index contributed by atoms with van der Waals surface area (Å²) in [5.74, 6) is 0.244. The minimum Gasteiger partial charge on any atom is -0.492 e. The number of benzene rings is 1. The highest BCUT2D eigenvalue weighted by atomic mass is 35.7. The summed E-state index contributed by atoms with van der Waals surface area (Å²) < 4.78 is 28.6. The number of Topliss-reactive ketones (excluding diaryl/α,β-unsaturated/α-hetero) is 1. The SMILES string of the molecule is CCC(CC)(COc1ccccc1C(C)=O)CS(=O)(=O)Cl. The summed E-state index contributed by atoms with van der Waals surface area (Å²) in [5.41, 5.74) is -0.0582. The third-order valence-corrected chi connectivity index (χ3v) is 5.06. The Balaban J connectivity index is 2.95. The van der Waals surface area contributed by atoms with E-state index in [2.05, 4.69) is 0 Å². The predicted molar refractivity (Wildman–Crippen MR) is 84.6 cm³/mol. The lowest BCUT2D eigenvalue weighted by atomic mass is 9.85. The van der Waals surface area contributed by atoms with E-state index in [0.29, 0.717) is 24.2 Å². The number of ether oxygens (including phenoxy) is 1. The average Bonchev–Trinajstić information content (AvgIpc) is 2.42. The van der Waals surface area contributed by atoms with Gasteiger partial charge in [0.25, 0.3) is 0 Å². The molecule has 0 unspecified atom stereocenters. The maximum absolute atomic E-state index is 11.6. The molecule has 0 aliphatic heterocycles. The highest BCUT2D eigenvalue weighted by molar-refractivity contribution is 8.13. The minimum atomic E-state index is -3.61. The maximum atomic E-state index is 11.6. The summed E-state index contributed by atoms with van der Waals surface area (Å²) in [6.07, 6.45) is 1.25. The van der Waals surface area contributed by atoms with E-state index in [-0.39, 0.29) is 18.1 Å². The van der Waals surface area contributed by atoms with Crippen molar-refractivity contribution in [2.75, 3.05) is 12.4 Å². The molecular formula is C15H21ClO4S. The van der Waals surface area contributed by atoms with Crippen molar-refractivity contribution in [3.05, 3.63) is 29.8 Å². The Labute approximate surface area is 130 Å². The van der Waals surface area contributed by atoms with Gasteiger partial charge in [0.05, 0.1) is 17.9 Å². The number of carbonyl (C=O) groups is 1. The monoisotopic (exact) mass is 332 g/mol. The molecule has 0 heterocycles. The van der Waals surface area contributed by atoms with Gasteiger partial charge >= 0.3 is 0 Å². The second-order valence-corrected chi connectivity index (χ2v) is 8.01. The summed E-state index contributed by atoms with van der Waals surface area (Å²) >= 11 is 0. The van der Waals surface area contributed by atoms with Gasteiger partial charge in [-0.1, -0.05) is 26.0 Å². The zero-order valence-electron chi connectivity index (χ0n) is 12.6. The van der Waals surface area contributed by atoms with Gasteiger partial charge in [-0.2, -0.15) is 0 Å². The van der Waals surface area contributed by atoms with Crippen LogP contribution in [0, 0.1) is 5.41 Å². The van der Waals surface area contributed by atoms with Gasteiger partial charge in [0.15, 0.2) is 5.78 Å². The molecule has 0 bridgehead atoms. The first-order valence-corrected chi connectivity index (χ1v) is 9.36. The van der Waals surface area contributed by atoms with Crippen molar-refractivity contribution in [3.63, 3.8) is 0 Å². The van der Waals surface area contributed by atoms with Crippen LogP contribution >= 0.6 is 10.7 Å². The Hall–Kier alpha value is -1.07. The van der Waals surface area contributed by atoms with Crippen molar-refractivity contribution in [2.24, 2.45) is 5.41 Å². The molecule has 0 radical (unpaired) electrons. The topological polar surface area (TPSA) is 60.4 Å². The van der Waals surface area contributed by atoms with Crippen LogP contribution in [0.2, 0.25) is 0 Å². The average molecular weight is 333 g/mol. The highest BCUT2D eigenvalue weighted by Crippen LogP contribution is 2.31. The first kappa shape index (κ1) is 18.0. The second kappa shape index (κ2) is 7.27. The van der Waals surface area contributed by atoms with Crippen molar-refractivity contribution < 1.29 is 17.9 Å². The van der Waals surface area contributed by atoms with Crippen LogP contribution in [0.4, 0.5) is 0 Å². The first-order valence-electron chi connectivity index (χ1n) is 6.88. The van der Waals surface area contributed by atoms with Crippen molar-refractivity contribution >= 4 is 25.5 Å². The first-order chi connectivity index (χ1) is 9.73. The molecule has 21 heavy (non-hydrogen) atoms. The summed E-state index contributed by atoms with van der Waals surface area (Å²) in [6.45, 7) is 5.49. The lowest BCUT2D eigenvalue weighted by Gasteiger charge is -2.30. The number of halogens is 1. The van der Waals surface area contributed by atoms with E-state index >= 15 is 0 Å². The van der Waals surface area contributed by atoms with Gasteiger partial charge in [0, 0.05) is 16.1 Å². The Kier molecular flexibility index (Phi) is 6.23. The fourth-order valence-corrected chi connectivity index (χ4v) is 4.10. The van der Waals surface area contributed by atoms with Crippen molar-refractivity contribution in [2.45, 2.75) is 33.6 Å². The maximum Gasteiger partial charge on any atom is 0.233 e. The number of para-hydroxylation sites is 1. The molecule has 1 aromatic rings.